The molecule has 27 heavy (non-hydrogen) atoms. The van der Waals surface area contributed by atoms with E-state index in [0.717, 1.165) is 24.5 Å². The highest BCUT2D eigenvalue weighted by molar-refractivity contribution is 9.10. The normalized spacial score (nSPS) is 13.1. The Morgan fingerprint density at radius 3 is 2.37 bits per heavy atom. The molecule has 11 heteroatoms. The number of nitrogens with zero attached hydrogens (tertiary/aromatic N) is 1. The van der Waals surface area contributed by atoms with Crippen LogP contribution in [0, 0.1) is 10.1 Å². The van der Waals surface area contributed by atoms with E-state index in [9.17, 15) is 23.3 Å². The number of fused-ring (bicyclic) bond motifs is 1. The maximum Gasteiger partial charge on any atom is 0.271 e. The molecule has 0 bridgehead atoms. The first-order chi connectivity index (χ1) is 12.6. The predicted molar refractivity (Wildman–Crippen MR) is 99.3 cm³/mol. The van der Waals surface area contributed by atoms with E-state index in [0.29, 0.717) is 34.9 Å². The van der Waals surface area contributed by atoms with Gasteiger partial charge in [-0.3, -0.25) is 14.9 Å². The van der Waals surface area contributed by atoms with Crippen molar-refractivity contribution < 1.29 is 27.6 Å². The lowest BCUT2D eigenvalue weighted by molar-refractivity contribution is -0.385. The van der Waals surface area contributed by atoms with Crippen LogP contribution in [0.25, 0.3) is 0 Å². The van der Waals surface area contributed by atoms with Crippen molar-refractivity contribution in [2.75, 3.05) is 24.8 Å². The fourth-order valence-corrected chi connectivity index (χ4v) is 3.49. The minimum Gasteiger partial charge on any atom is -0.486 e. The fraction of sp³-hybridized carbons (Fsp3) is 0.188. The topological polar surface area (TPSA) is 125 Å². The molecule has 0 spiro atoms. The number of non-ortho nitro benzene ring substituents is 1. The van der Waals surface area contributed by atoms with Crippen molar-refractivity contribution in [3.05, 3.63) is 50.5 Å². The summed E-state index contributed by atoms with van der Waals surface area (Å²) in [6, 6.07) is 6.18. The molecule has 3 rings (SSSR count). The molecule has 1 aliphatic heterocycles. The molecule has 2 aromatic carbocycles. The van der Waals surface area contributed by atoms with Crippen LogP contribution in [-0.2, 0) is 9.84 Å². The smallest absolute Gasteiger partial charge is 0.271 e. The van der Waals surface area contributed by atoms with E-state index in [4.69, 9.17) is 9.47 Å². The van der Waals surface area contributed by atoms with Crippen LogP contribution in [0.3, 0.4) is 0 Å². The minimum absolute atomic E-state index is 0.161. The molecule has 9 nitrogen and oxygen atoms in total. The summed E-state index contributed by atoms with van der Waals surface area (Å²) in [5.74, 6) is 0.248. The van der Waals surface area contributed by atoms with Crippen molar-refractivity contribution in [1.82, 2.24) is 0 Å². The highest BCUT2D eigenvalue weighted by atomic mass is 79.9. The molecule has 1 N–H and O–H groups in total. The molecule has 0 radical (unpaired) electrons. The average molecular weight is 457 g/mol. The Labute approximate surface area is 162 Å². The quantitative estimate of drug-likeness (QED) is 0.553. The number of carbonyl (C=O) groups is 1. The van der Waals surface area contributed by atoms with E-state index in [2.05, 4.69) is 21.2 Å². The van der Waals surface area contributed by atoms with Gasteiger partial charge in [-0.05, 0) is 22.0 Å². The summed E-state index contributed by atoms with van der Waals surface area (Å²) >= 11 is 3.31. The third-order valence-corrected chi connectivity index (χ3v) is 5.42. The van der Waals surface area contributed by atoms with Crippen molar-refractivity contribution >= 4 is 43.0 Å². The molecule has 0 fully saturated rings. The number of nitro groups is 1. The van der Waals surface area contributed by atoms with Crippen molar-refractivity contribution in [3.8, 4) is 11.5 Å². The SMILES string of the molecule is CS(=O)(=O)c1cc(C(=O)Nc2cc3c(cc2Br)OCCO3)cc([N+](=O)[O-])c1. The van der Waals surface area contributed by atoms with Crippen molar-refractivity contribution in [1.29, 1.82) is 0 Å². The molecule has 0 saturated heterocycles. The largest absolute Gasteiger partial charge is 0.486 e. The summed E-state index contributed by atoms with van der Waals surface area (Å²) in [7, 11) is -3.74. The van der Waals surface area contributed by atoms with Crippen LogP contribution in [0.1, 0.15) is 10.4 Å². The van der Waals surface area contributed by atoms with Crippen LogP contribution in [0.15, 0.2) is 39.7 Å². The van der Waals surface area contributed by atoms with Gasteiger partial charge in [0.15, 0.2) is 21.3 Å². The van der Waals surface area contributed by atoms with Gasteiger partial charge >= 0.3 is 0 Å². The zero-order valence-corrected chi connectivity index (χ0v) is 16.3. The maximum absolute atomic E-state index is 12.6. The van der Waals surface area contributed by atoms with Crippen LogP contribution in [0.2, 0.25) is 0 Å². The number of carbonyl (C=O) groups excluding carboxylic acids is 1. The van der Waals surface area contributed by atoms with Crippen molar-refractivity contribution in [3.63, 3.8) is 0 Å². The Kier molecular flexibility index (Phi) is 5.07. The van der Waals surface area contributed by atoms with Gasteiger partial charge in [-0.15, -0.1) is 0 Å². The first kappa shape index (κ1) is 19.1. The average Bonchev–Trinajstić information content (AvgIpc) is 2.61. The molecule has 1 amide bonds. The second kappa shape index (κ2) is 7.16. The number of ether oxygens (including phenoxy) is 2. The van der Waals surface area contributed by atoms with E-state index in [-0.39, 0.29) is 10.5 Å². The molecular weight excluding hydrogens is 444 g/mol. The lowest BCUT2D eigenvalue weighted by Gasteiger charge is -2.20. The maximum atomic E-state index is 12.6. The Balaban J connectivity index is 1.97. The number of rotatable bonds is 4. The van der Waals surface area contributed by atoms with Crippen LogP contribution < -0.4 is 14.8 Å². The van der Waals surface area contributed by atoms with Gasteiger partial charge in [-0.25, -0.2) is 8.42 Å². The summed E-state index contributed by atoms with van der Waals surface area (Å²) in [5, 5.41) is 13.7. The highest BCUT2D eigenvalue weighted by Crippen LogP contribution is 2.38. The Hall–Kier alpha value is -2.66. The summed E-state index contributed by atoms with van der Waals surface area (Å²) in [6.45, 7) is 0.776. The molecule has 0 aromatic heterocycles. The van der Waals surface area contributed by atoms with Gasteiger partial charge in [0.05, 0.1) is 15.5 Å². The van der Waals surface area contributed by atoms with E-state index in [1.165, 1.54) is 0 Å². The first-order valence-electron chi connectivity index (χ1n) is 7.55. The molecule has 1 heterocycles. The second-order valence-electron chi connectivity index (χ2n) is 5.67. The number of benzene rings is 2. The molecule has 1 aliphatic rings. The summed E-state index contributed by atoms with van der Waals surface area (Å²) in [4.78, 5) is 22.6. The van der Waals surface area contributed by atoms with Gasteiger partial charge in [0.25, 0.3) is 11.6 Å². The van der Waals surface area contributed by atoms with Gasteiger partial charge in [-0.1, -0.05) is 0 Å². The third kappa shape index (κ3) is 4.19. The Morgan fingerprint density at radius 1 is 1.15 bits per heavy atom. The van der Waals surface area contributed by atoms with Crippen LogP contribution in [-0.4, -0.2) is 38.7 Å². The number of hydrogen-bond acceptors (Lipinski definition) is 7. The summed E-state index contributed by atoms with van der Waals surface area (Å²) in [5.41, 5.74) is -0.313. The monoisotopic (exact) mass is 456 g/mol. The number of amides is 1. The zero-order valence-electron chi connectivity index (χ0n) is 13.9. The first-order valence-corrected chi connectivity index (χ1v) is 10.2. The van der Waals surface area contributed by atoms with Gasteiger partial charge < -0.3 is 14.8 Å². The molecule has 142 valence electrons. The number of anilines is 1. The van der Waals surface area contributed by atoms with Gasteiger partial charge in [0.2, 0.25) is 0 Å². The van der Waals surface area contributed by atoms with Crippen molar-refractivity contribution in [2.45, 2.75) is 4.90 Å². The Bertz CT molecular complexity index is 1050. The molecule has 0 saturated carbocycles. The van der Waals surface area contributed by atoms with Crippen LogP contribution >= 0.6 is 15.9 Å². The van der Waals surface area contributed by atoms with E-state index >= 15 is 0 Å². The zero-order chi connectivity index (χ0) is 19.8. The molecule has 0 unspecified atom stereocenters. The lowest BCUT2D eigenvalue weighted by Crippen LogP contribution is -2.17. The number of nitrogens with one attached hydrogen (secondary N) is 1. The van der Waals surface area contributed by atoms with E-state index in [1.54, 1.807) is 12.1 Å². The number of nitro benzene ring substituents is 1. The van der Waals surface area contributed by atoms with Gasteiger partial charge in [-0.2, -0.15) is 0 Å². The Morgan fingerprint density at radius 2 is 1.78 bits per heavy atom. The summed E-state index contributed by atoms with van der Waals surface area (Å²) in [6.07, 6.45) is 0.908. The van der Waals surface area contributed by atoms with Gasteiger partial charge in [0, 0.05) is 40.6 Å². The summed E-state index contributed by atoms with van der Waals surface area (Å²) < 4.78 is 34.9. The predicted octanol–water partition coefficient (Wildman–Crippen LogP) is 2.78. The number of halogens is 1. The van der Waals surface area contributed by atoms with E-state index in [1.807, 2.05) is 0 Å². The standard InChI is InChI=1S/C16H13BrN2O7S/c1-27(23,24)11-5-9(4-10(6-11)19(21)22)16(20)18-13-8-15-14(7-12(13)17)25-2-3-26-15/h4-8H,2-3H2,1H3,(H,18,20). The van der Waals surface area contributed by atoms with Crippen molar-refractivity contribution in [2.24, 2.45) is 0 Å². The van der Waals surface area contributed by atoms with Crippen LogP contribution in [0.5, 0.6) is 11.5 Å². The van der Waals surface area contributed by atoms with Crippen LogP contribution in [0.4, 0.5) is 11.4 Å². The molecule has 0 aliphatic carbocycles. The van der Waals surface area contributed by atoms with Gasteiger partial charge in [0.1, 0.15) is 13.2 Å². The molecule has 0 atom stereocenters. The third-order valence-electron chi connectivity index (χ3n) is 3.67. The molecule has 2 aromatic rings. The fourth-order valence-electron chi connectivity index (χ4n) is 2.39. The number of sulfone groups is 1. The minimum atomic E-state index is -3.74. The lowest BCUT2D eigenvalue weighted by atomic mass is 10.1. The number of hydrogen-bond donors (Lipinski definition) is 1. The van der Waals surface area contributed by atoms with E-state index < -0.39 is 26.4 Å². The highest BCUT2D eigenvalue weighted by Gasteiger charge is 2.21. The second-order valence-corrected chi connectivity index (χ2v) is 8.54. The molecular formula is C16H13BrN2O7S.